The molecule has 0 saturated carbocycles. The number of rotatable bonds is 16. The minimum Gasteiger partial charge on any atom is -0.326 e. The topological polar surface area (TPSA) is 101 Å². The Morgan fingerprint density at radius 1 is 0.794 bits per heavy atom. The average molecular weight is 489 g/mol. The summed E-state index contributed by atoms with van der Waals surface area (Å²) < 4.78 is 27.6. The van der Waals surface area contributed by atoms with Crippen LogP contribution < -0.4 is 10.0 Å². The standard InChI is InChI=1S/C26H40N4O3S/c1-4-5-6-7-8-9-10-11-12-13-14-15-25(31)29-23-16-18-24(19-17-23)34(32,33)30-26-27-21(2)20-22(3)28-26/h16-20H,4-15H2,1-3H3,(H,29,31)(H,27,28,30). The summed E-state index contributed by atoms with van der Waals surface area (Å²) in [6.45, 7) is 5.80. The smallest absolute Gasteiger partial charge is 0.264 e. The van der Waals surface area contributed by atoms with Crippen molar-refractivity contribution in [1.82, 2.24) is 9.97 Å². The van der Waals surface area contributed by atoms with Gasteiger partial charge in [0.2, 0.25) is 11.9 Å². The summed E-state index contributed by atoms with van der Waals surface area (Å²) in [7, 11) is -3.81. The number of unbranched alkanes of at least 4 members (excludes halogenated alkanes) is 10. The molecule has 0 spiro atoms. The Morgan fingerprint density at radius 2 is 1.29 bits per heavy atom. The molecule has 0 saturated heterocycles. The van der Waals surface area contributed by atoms with Crippen molar-refractivity contribution in [2.75, 3.05) is 10.0 Å². The summed E-state index contributed by atoms with van der Waals surface area (Å²) in [6, 6.07) is 7.88. The molecule has 0 fully saturated rings. The van der Waals surface area contributed by atoms with Crippen LogP contribution in [0.4, 0.5) is 11.6 Å². The monoisotopic (exact) mass is 488 g/mol. The van der Waals surface area contributed by atoms with Gasteiger partial charge in [-0.05, 0) is 50.6 Å². The highest BCUT2D eigenvalue weighted by Gasteiger charge is 2.16. The number of sulfonamides is 1. The third-order valence-corrected chi connectivity index (χ3v) is 7.01. The number of aromatic nitrogens is 2. The van der Waals surface area contributed by atoms with Crippen molar-refractivity contribution < 1.29 is 13.2 Å². The van der Waals surface area contributed by atoms with Crippen molar-refractivity contribution in [1.29, 1.82) is 0 Å². The first-order valence-corrected chi connectivity index (χ1v) is 14.0. The fraction of sp³-hybridized carbons (Fsp3) is 0.577. The molecule has 0 atom stereocenters. The van der Waals surface area contributed by atoms with Gasteiger partial charge < -0.3 is 5.32 Å². The van der Waals surface area contributed by atoms with E-state index in [1.54, 1.807) is 32.0 Å². The Bertz CT molecular complexity index is 971. The van der Waals surface area contributed by atoms with Gasteiger partial charge in [-0.1, -0.05) is 71.1 Å². The van der Waals surface area contributed by atoms with E-state index < -0.39 is 10.0 Å². The van der Waals surface area contributed by atoms with Gasteiger partial charge in [0.25, 0.3) is 10.0 Å². The molecule has 188 valence electrons. The van der Waals surface area contributed by atoms with E-state index in [4.69, 9.17) is 0 Å². The number of hydrogen-bond donors (Lipinski definition) is 2. The number of carbonyl (C=O) groups excluding carboxylic acids is 1. The molecule has 1 aromatic carbocycles. The number of amides is 1. The molecule has 0 aliphatic carbocycles. The Morgan fingerprint density at radius 3 is 1.82 bits per heavy atom. The van der Waals surface area contributed by atoms with Crippen LogP contribution in [0.5, 0.6) is 0 Å². The van der Waals surface area contributed by atoms with Crippen LogP contribution >= 0.6 is 0 Å². The van der Waals surface area contributed by atoms with Gasteiger partial charge in [0.05, 0.1) is 4.90 Å². The number of carbonyl (C=O) groups is 1. The van der Waals surface area contributed by atoms with Gasteiger partial charge in [0.15, 0.2) is 0 Å². The van der Waals surface area contributed by atoms with E-state index in [-0.39, 0.29) is 16.8 Å². The molecule has 2 rings (SSSR count). The molecule has 0 aliphatic heterocycles. The second kappa shape index (κ2) is 14.7. The lowest BCUT2D eigenvalue weighted by Gasteiger charge is -2.09. The van der Waals surface area contributed by atoms with Crippen molar-refractivity contribution in [2.24, 2.45) is 0 Å². The van der Waals surface area contributed by atoms with Crippen LogP contribution in [0.1, 0.15) is 95.4 Å². The van der Waals surface area contributed by atoms with E-state index >= 15 is 0 Å². The zero-order chi connectivity index (χ0) is 24.8. The molecule has 0 radical (unpaired) electrons. The fourth-order valence-electron chi connectivity index (χ4n) is 3.84. The van der Waals surface area contributed by atoms with Gasteiger partial charge in [-0.3, -0.25) is 4.79 Å². The molecule has 1 heterocycles. The van der Waals surface area contributed by atoms with Crippen LogP contribution in [-0.2, 0) is 14.8 Å². The number of benzene rings is 1. The van der Waals surface area contributed by atoms with E-state index in [0.29, 0.717) is 23.5 Å². The second-order valence-corrected chi connectivity index (χ2v) is 10.6. The highest BCUT2D eigenvalue weighted by atomic mass is 32.2. The lowest BCUT2D eigenvalue weighted by atomic mass is 10.1. The Hall–Kier alpha value is -2.48. The molecule has 8 heteroatoms. The highest BCUT2D eigenvalue weighted by molar-refractivity contribution is 7.92. The third kappa shape index (κ3) is 10.6. The van der Waals surface area contributed by atoms with Gasteiger partial charge in [0, 0.05) is 23.5 Å². The van der Waals surface area contributed by atoms with Gasteiger partial charge >= 0.3 is 0 Å². The van der Waals surface area contributed by atoms with Gasteiger partial charge in [0.1, 0.15) is 0 Å². The Kier molecular flexibility index (Phi) is 12.0. The van der Waals surface area contributed by atoms with Crippen LogP contribution in [0.15, 0.2) is 35.2 Å². The van der Waals surface area contributed by atoms with Crippen molar-refractivity contribution in [3.05, 3.63) is 41.7 Å². The predicted molar refractivity (Wildman–Crippen MR) is 138 cm³/mol. The first kappa shape index (κ1) is 27.8. The van der Waals surface area contributed by atoms with Gasteiger partial charge in [-0.2, -0.15) is 0 Å². The zero-order valence-corrected chi connectivity index (χ0v) is 21.7. The van der Waals surface area contributed by atoms with Crippen molar-refractivity contribution in [2.45, 2.75) is 103 Å². The number of nitrogens with zero attached hydrogens (tertiary/aromatic N) is 2. The lowest BCUT2D eigenvalue weighted by Crippen LogP contribution is -2.16. The summed E-state index contributed by atoms with van der Waals surface area (Å²) in [5.41, 5.74) is 1.94. The van der Waals surface area contributed by atoms with Crippen molar-refractivity contribution in [3.8, 4) is 0 Å². The fourth-order valence-corrected chi connectivity index (χ4v) is 4.79. The third-order valence-electron chi connectivity index (χ3n) is 5.66. The molecular weight excluding hydrogens is 448 g/mol. The largest absolute Gasteiger partial charge is 0.326 e. The first-order valence-electron chi connectivity index (χ1n) is 12.5. The van der Waals surface area contributed by atoms with Crippen LogP contribution in [0.3, 0.4) is 0 Å². The number of aryl methyl sites for hydroxylation is 2. The van der Waals surface area contributed by atoms with Gasteiger partial charge in [-0.25, -0.2) is 23.1 Å². The molecule has 0 bridgehead atoms. The number of nitrogens with one attached hydrogen (secondary N) is 2. The maximum Gasteiger partial charge on any atom is 0.264 e. The van der Waals surface area contributed by atoms with Crippen molar-refractivity contribution in [3.63, 3.8) is 0 Å². The molecule has 0 unspecified atom stereocenters. The summed E-state index contributed by atoms with van der Waals surface area (Å²) in [5.74, 6) is -0.00450. The van der Waals surface area contributed by atoms with Crippen LogP contribution in [0.25, 0.3) is 0 Å². The molecule has 2 N–H and O–H groups in total. The second-order valence-electron chi connectivity index (χ2n) is 8.94. The molecule has 34 heavy (non-hydrogen) atoms. The van der Waals surface area contributed by atoms with Crippen LogP contribution in [-0.4, -0.2) is 24.3 Å². The van der Waals surface area contributed by atoms with E-state index in [1.807, 2.05) is 0 Å². The summed E-state index contributed by atoms with van der Waals surface area (Å²) in [5, 5.41) is 2.84. The van der Waals surface area contributed by atoms with E-state index in [2.05, 4.69) is 26.9 Å². The quantitative estimate of drug-likeness (QED) is 0.261. The molecule has 0 aliphatic rings. The molecule has 1 amide bonds. The molecular formula is C26H40N4O3S. The lowest BCUT2D eigenvalue weighted by molar-refractivity contribution is -0.116. The molecule has 1 aromatic heterocycles. The summed E-state index contributed by atoms with van der Waals surface area (Å²) >= 11 is 0. The maximum absolute atomic E-state index is 12.6. The molecule has 7 nitrogen and oxygen atoms in total. The zero-order valence-electron chi connectivity index (χ0n) is 20.9. The van der Waals surface area contributed by atoms with Crippen LogP contribution in [0.2, 0.25) is 0 Å². The minimum absolute atomic E-state index is 0.0434. The number of anilines is 2. The predicted octanol–water partition coefficient (Wildman–Crippen LogP) is 6.53. The highest BCUT2D eigenvalue weighted by Crippen LogP contribution is 2.18. The first-order chi connectivity index (χ1) is 16.3. The van der Waals surface area contributed by atoms with Crippen molar-refractivity contribution >= 4 is 27.6 Å². The summed E-state index contributed by atoms with van der Waals surface area (Å²) in [6.07, 6.45) is 14.1. The Balaban J connectivity index is 1.67. The SMILES string of the molecule is CCCCCCCCCCCCCC(=O)Nc1ccc(S(=O)(=O)Nc2nc(C)cc(C)n2)cc1. The Labute approximate surface area is 205 Å². The maximum atomic E-state index is 12.6. The van der Waals surface area contributed by atoms with E-state index in [9.17, 15) is 13.2 Å². The minimum atomic E-state index is -3.81. The number of hydrogen-bond acceptors (Lipinski definition) is 5. The van der Waals surface area contributed by atoms with E-state index in [0.717, 1.165) is 12.8 Å². The van der Waals surface area contributed by atoms with E-state index in [1.165, 1.54) is 69.9 Å². The normalized spacial score (nSPS) is 11.4. The average Bonchev–Trinajstić information content (AvgIpc) is 2.77. The molecule has 2 aromatic rings. The van der Waals surface area contributed by atoms with Gasteiger partial charge in [-0.15, -0.1) is 0 Å². The van der Waals surface area contributed by atoms with Crippen LogP contribution in [0, 0.1) is 13.8 Å². The summed E-state index contributed by atoms with van der Waals surface area (Å²) in [4.78, 5) is 20.5.